The van der Waals surface area contributed by atoms with Gasteiger partial charge >= 0.3 is 133 Å². The van der Waals surface area contributed by atoms with Crippen LogP contribution in [0, 0.1) is 0 Å². The van der Waals surface area contributed by atoms with Gasteiger partial charge in [-0.15, -0.1) is 0 Å². The van der Waals surface area contributed by atoms with Gasteiger partial charge in [-0.2, -0.15) is 0 Å². The van der Waals surface area contributed by atoms with Gasteiger partial charge in [0.05, 0.1) is 0 Å². The summed E-state index contributed by atoms with van der Waals surface area (Å²) in [5.74, 6) is 0. The van der Waals surface area contributed by atoms with Gasteiger partial charge in [0.1, 0.15) is 0 Å². The molecule has 0 heterocycles. The topological polar surface area (TPSA) is 430 Å². The van der Waals surface area contributed by atoms with Crippen LogP contribution in [0.5, 0.6) is 0 Å². The van der Waals surface area contributed by atoms with E-state index in [1.165, 1.54) is 0 Å². The summed E-state index contributed by atoms with van der Waals surface area (Å²) in [6.07, 6.45) is -15.0. The van der Waals surface area contributed by atoms with Crippen LogP contribution in [0.15, 0.2) is 0 Å². The maximum Gasteiger partial charge on any atom is 1.00 e. The summed E-state index contributed by atoms with van der Waals surface area (Å²) < 4.78 is 11.3. The van der Waals surface area contributed by atoms with Gasteiger partial charge in [0.15, 0.2) is 0 Å². The summed E-state index contributed by atoms with van der Waals surface area (Å²) in [5, 5.41) is 95.0. The van der Waals surface area contributed by atoms with Crippen molar-refractivity contribution in [2.45, 2.75) is 0 Å². The van der Waals surface area contributed by atoms with Crippen molar-refractivity contribution in [3.05, 3.63) is 0 Å². The Morgan fingerprint density at radius 2 is 0.543 bits per heavy atom. The first kappa shape index (κ1) is 53.2. The van der Waals surface area contributed by atoms with Gasteiger partial charge in [-0.1, -0.05) is 0 Å². The molecule has 0 atom stereocenters. The third-order valence-electron chi connectivity index (χ3n) is 0.458. The van der Waals surface area contributed by atoms with E-state index >= 15 is 0 Å². The summed E-state index contributed by atoms with van der Waals surface area (Å²) in [6, 6.07) is 0. The molecule has 0 rings (SSSR count). The van der Waals surface area contributed by atoms with Crippen LogP contribution in [0.1, 0.15) is 0 Å². The number of carboxylic acid groups (broad SMARTS) is 13. The van der Waals surface area contributed by atoms with E-state index in [0.717, 1.165) is 0 Å². The van der Waals surface area contributed by atoms with Gasteiger partial charge in [-0.25, -0.2) is 19.2 Å². The van der Waals surface area contributed by atoms with Crippen molar-refractivity contribution in [2.24, 2.45) is 0 Å². The molecule has 200 valence electrons. The fraction of sp³-hybridized carbons (Fsp3) is 0. The molecule has 35 heavy (non-hydrogen) atoms. The molecule has 0 saturated heterocycles. The van der Waals surface area contributed by atoms with E-state index in [9.17, 15) is 14.4 Å². The Hall–Kier alpha value is -3.33. The second-order valence-electron chi connectivity index (χ2n) is 2.69. The van der Waals surface area contributed by atoms with Crippen molar-refractivity contribution in [3.63, 3.8) is 0 Å². The normalized spacial score (nSPS) is 6.77. The average molecular weight is 733 g/mol. The number of carbonyl (C=O) groups is 8. The minimum absolute atomic E-state index is 0. The number of hydrogen-bond donors (Lipinski definition) is 12. The molecule has 0 amide bonds. The third kappa shape index (κ3) is 336. The van der Waals surface area contributed by atoms with Gasteiger partial charge in [-0.3, -0.25) is 0 Å². The molecule has 0 unspecified atom stereocenters. The summed E-state index contributed by atoms with van der Waals surface area (Å²) >= 11 is -4.14. The van der Waals surface area contributed by atoms with Gasteiger partial charge in [0, 0.05) is 21.1 Å². The first-order chi connectivity index (χ1) is 14.6. The van der Waals surface area contributed by atoms with Crippen LogP contribution >= 0.6 is 0 Å². The van der Waals surface area contributed by atoms with E-state index in [4.69, 9.17) is 90.4 Å². The Kier molecular flexibility index (Phi) is 57.7. The molecule has 0 aliphatic rings. The van der Waals surface area contributed by atoms with E-state index < -0.39 is 70.7 Å². The quantitative estimate of drug-likeness (QED) is 0.127. The molecular weight excluding hydrogens is 721 g/mol. The average Bonchev–Trinajstić information content (AvgIpc) is 2.41. The van der Waals surface area contributed by atoms with Crippen LogP contribution in [0.4, 0.5) is 38.4 Å². The van der Waals surface area contributed by atoms with Crippen molar-refractivity contribution < 1.29 is 164 Å². The Balaban J connectivity index is -0.0000000463. The molecule has 27 heteroatoms. The molecule has 0 saturated carbocycles. The largest absolute Gasteiger partial charge is 1.00 e. The monoisotopic (exact) mass is 734 g/mol. The molecular formula is C8H12MoNaO24Sb. The molecule has 0 fully saturated rings. The molecule has 0 aromatic rings. The third-order valence-corrected chi connectivity index (χ3v) is 3.07. The SMILES string of the molecule is O=C(O)O.O=C(O)O.O=C(O)O.O=C(O)O.O=C(O)[O][Sb]([O]C(=O)O)[O]C(=O)O.O=C([O-])O.[Mo].[Na+]. The molecule has 0 spiro atoms. The van der Waals surface area contributed by atoms with Gasteiger partial charge in [0.25, 0.3) is 0 Å². The fourth-order valence-corrected chi connectivity index (χ4v) is 1.66. The predicted octanol–water partition coefficient (Wildman–Crippen LogP) is -3.17. The second kappa shape index (κ2) is 38.0. The minimum Gasteiger partial charge on any atom is -0.565 e. The van der Waals surface area contributed by atoms with Crippen LogP contribution in [-0.4, -0.2) is 132 Å². The van der Waals surface area contributed by atoms with Crippen molar-refractivity contribution in [1.82, 2.24) is 0 Å². The Bertz CT molecular complexity index is 507. The Morgan fingerprint density at radius 3 is 0.600 bits per heavy atom. The fourth-order valence-electron chi connectivity index (χ4n) is 0.247. The van der Waals surface area contributed by atoms with Gasteiger partial charge in [-0.05, 0) is 0 Å². The zero-order valence-electron chi connectivity index (χ0n) is 16.1. The second-order valence-corrected chi connectivity index (χ2v) is 5.53. The molecule has 0 radical (unpaired) electrons. The van der Waals surface area contributed by atoms with E-state index in [2.05, 4.69) is 9.05 Å². The van der Waals surface area contributed by atoms with Crippen LogP contribution in [0.3, 0.4) is 0 Å². The summed E-state index contributed by atoms with van der Waals surface area (Å²) in [4.78, 5) is 72.2. The molecule has 0 aliphatic carbocycles. The summed E-state index contributed by atoms with van der Waals surface area (Å²) in [5.41, 5.74) is 0. The molecule has 24 nitrogen and oxygen atoms in total. The number of hydrogen-bond acceptors (Lipinski definition) is 12. The predicted molar refractivity (Wildman–Crippen MR) is 83.7 cm³/mol. The molecule has 12 N–H and O–H groups in total. The maximum absolute atomic E-state index is 9.85. The van der Waals surface area contributed by atoms with Crippen LogP contribution in [0.2, 0.25) is 0 Å². The van der Waals surface area contributed by atoms with Crippen molar-refractivity contribution >= 4 is 70.7 Å². The molecule has 0 aromatic carbocycles. The minimum atomic E-state index is -4.14. The van der Waals surface area contributed by atoms with Crippen LogP contribution in [0.25, 0.3) is 0 Å². The van der Waals surface area contributed by atoms with Crippen molar-refractivity contribution in [3.8, 4) is 0 Å². The van der Waals surface area contributed by atoms with E-state index in [0.29, 0.717) is 0 Å². The first-order valence-corrected chi connectivity index (χ1v) is 8.81. The van der Waals surface area contributed by atoms with Crippen LogP contribution < -0.4 is 34.7 Å². The summed E-state index contributed by atoms with van der Waals surface area (Å²) in [6.45, 7) is 0. The smallest absolute Gasteiger partial charge is 0.565 e. The van der Waals surface area contributed by atoms with Gasteiger partial charge in [0.2, 0.25) is 6.16 Å². The zero-order valence-corrected chi connectivity index (χ0v) is 22.7. The van der Waals surface area contributed by atoms with Gasteiger partial charge < -0.3 is 55.9 Å². The first-order valence-electron chi connectivity index (χ1n) is 5.68. The summed E-state index contributed by atoms with van der Waals surface area (Å²) in [7, 11) is 0. The maximum atomic E-state index is 9.85. The van der Waals surface area contributed by atoms with Crippen molar-refractivity contribution in [2.75, 3.05) is 0 Å². The standard InChI is InChI=1S/8CH2O3.Mo.Na.Sb/c8*2-1(3)4;;;/h8*(H2,2,3,4);;;/q;;;;;;;;;+1;+3/p-4. The van der Waals surface area contributed by atoms with E-state index in [-0.39, 0.29) is 50.6 Å². The van der Waals surface area contributed by atoms with E-state index in [1.807, 2.05) is 0 Å². The Labute approximate surface area is 233 Å². The zero-order chi connectivity index (χ0) is 28.3. The van der Waals surface area contributed by atoms with Crippen LogP contribution in [-0.2, 0) is 30.1 Å². The number of rotatable bonds is 3. The molecule has 0 aliphatic heterocycles. The Morgan fingerprint density at radius 1 is 0.457 bits per heavy atom. The molecule has 0 bridgehead atoms. The molecule has 0 aromatic heterocycles. The van der Waals surface area contributed by atoms with E-state index in [1.54, 1.807) is 0 Å². The van der Waals surface area contributed by atoms with Crippen molar-refractivity contribution in [1.29, 1.82) is 0 Å².